The summed E-state index contributed by atoms with van der Waals surface area (Å²) in [4.78, 5) is 23.8. The van der Waals surface area contributed by atoms with Crippen LogP contribution in [-0.2, 0) is 14.3 Å². The molecule has 0 saturated heterocycles. The molecule has 0 bridgehead atoms. The number of benzene rings is 1. The number of nitrogens with zero attached hydrogens (tertiary/aromatic N) is 1. The highest BCUT2D eigenvalue weighted by molar-refractivity contribution is 8.05. The van der Waals surface area contributed by atoms with E-state index in [4.69, 9.17) is 0 Å². The molecule has 8 heteroatoms. The van der Waals surface area contributed by atoms with E-state index in [0.29, 0.717) is 11.3 Å². The number of para-hydroxylation sites is 1. The van der Waals surface area contributed by atoms with Crippen LogP contribution in [0.2, 0.25) is 0 Å². The highest BCUT2D eigenvalue weighted by atomic mass is 32.2. The minimum absolute atomic E-state index is 0.138. The molecule has 1 unspecified atom stereocenters. The summed E-state index contributed by atoms with van der Waals surface area (Å²) in [6.45, 7) is 0. The number of carbonyl (C=O) groups excluding carboxylic acids is 1. The number of thioether (sulfide) groups is 1. The zero-order valence-corrected chi connectivity index (χ0v) is 12.6. The summed E-state index contributed by atoms with van der Waals surface area (Å²) < 4.78 is 33.4. The van der Waals surface area contributed by atoms with Crippen molar-refractivity contribution < 1.29 is 28.2 Å². The predicted molar refractivity (Wildman–Crippen MR) is 81.0 cm³/mol. The summed E-state index contributed by atoms with van der Waals surface area (Å²) in [6, 6.07) is 5.13. The monoisotopic (exact) mass is 339 g/mol. The molecule has 1 aromatic rings. The van der Waals surface area contributed by atoms with Crippen molar-refractivity contribution in [2.45, 2.75) is 11.3 Å². The first-order chi connectivity index (χ1) is 10.9. The summed E-state index contributed by atoms with van der Waals surface area (Å²) in [7, 11) is 1.08. The third-order valence-corrected chi connectivity index (χ3v) is 4.63. The van der Waals surface area contributed by atoms with E-state index in [2.05, 4.69) is 4.74 Å². The highest BCUT2D eigenvalue weighted by Crippen LogP contribution is 2.51. The van der Waals surface area contributed by atoms with E-state index in [1.807, 2.05) is 0 Å². The SMILES string of the molecule is COC(=O)C1=C(C(=O)O)SC(F)(F)C2C=Cc3ccccc3N12. The van der Waals surface area contributed by atoms with Gasteiger partial charge in [-0.2, -0.15) is 8.78 Å². The van der Waals surface area contributed by atoms with E-state index < -0.39 is 33.8 Å². The molecule has 120 valence electrons. The summed E-state index contributed by atoms with van der Waals surface area (Å²) in [5.74, 6) is -2.57. The lowest BCUT2D eigenvalue weighted by atomic mass is 10.0. The topological polar surface area (TPSA) is 66.8 Å². The molecule has 0 amide bonds. The number of carboxylic acid groups (broad SMARTS) is 1. The Morgan fingerprint density at radius 2 is 2.04 bits per heavy atom. The maximum Gasteiger partial charge on any atom is 0.356 e. The fourth-order valence-corrected chi connectivity index (χ4v) is 3.53. The molecule has 0 aromatic heterocycles. The number of hydrogen-bond acceptors (Lipinski definition) is 5. The van der Waals surface area contributed by atoms with Gasteiger partial charge in [0.1, 0.15) is 16.6 Å². The van der Waals surface area contributed by atoms with Crippen molar-refractivity contribution in [2.24, 2.45) is 0 Å². The van der Waals surface area contributed by atoms with E-state index >= 15 is 0 Å². The van der Waals surface area contributed by atoms with Crippen LogP contribution in [0.4, 0.5) is 14.5 Å². The second-order valence-corrected chi connectivity index (χ2v) is 6.03. The Balaban J connectivity index is 2.29. The van der Waals surface area contributed by atoms with Crippen LogP contribution in [0.5, 0.6) is 0 Å². The van der Waals surface area contributed by atoms with Crippen molar-refractivity contribution in [2.75, 3.05) is 12.0 Å². The third kappa shape index (κ3) is 2.39. The molecule has 23 heavy (non-hydrogen) atoms. The van der Waals surface area contributed by atoms with Gasteiger partial charge in [-0.3, -0.25) is 0 Å². The van der Waals surface area contributed by atoms with Crippen LogP contribution in [0.15, 0.2) is 40.9 Å². The Hall–Kier alpha value is -2.35. The first kappa shape index (κ1) is 15.5. The lowest BCUT2D eigenvalue weighted by molar-refractivity contribution is -0.138. The Morgan fingerprint density at radius 1 is 1.35 bits per heavy atom. The van der Waals surface area contributed by atoms with Crippen molar-refractivity contribution in [3.05, 3.63) is 46.5 Å². The van der Waals surface area contributed by atoms with Gasteiger partial charge in [-0.1, -0.05) is 30.4 Å². The van der Waals surface area contributed by atoms with Gasteiger partial charge in [-0.05, 0) is 23.4 Å². The van der Waals surface area contributed by atoms with Gasteiger partial charge in [0, 0.05) is 5.69 Å². The minimum atomic E-state index is -3.41. The molecule has 2 heterocycles. The number of aliphatic carboxylic acids is 1. The first-order valence-corrected chi connectivity index (χ1v) is 7.37. The van der Waals surface area contributed by atoms with E-state index in [1.165, 1.54) is 12.2 Å². The van der Waals surface area contributed by atoms with Crippen molar-refractivity contribution in [1.82, 2.24) is 0 Å². The maximum atomic E-state index is 14.4. The molecule has 1 atom stereocenters. The molecule has 2 aliphatic heterocycles. The average Bonchev–Trinajstić information content (AvgIpc) is 2.53. The largest absolute Gasteiger partial charge is 0.477 e. The van der Waals surface area contributed by atoms with Crippen LogP contribution in [0, 0.1) is 0 Å². The highest BCUT2D eigenvalue weighted by Gasteiger charge is 2.53. The molecule has 0 spiro atoms. The molecule has 3 rings (SSSR count). The van der Waals surface area contributed by atoms with Gasteiger partial charge in [0.25, 0.3) is 0 Å². The lowest BCUT2D eigenvalue weighted by Crippen LogP contribution is -2.51. The number of anilines is 1. The fraction of sp³-hybridized carbons (Fsp3) is 0.200. The number of hydrogen-bond donors (Lipinski definition) is 1. The number of esters is 1. The number of rotatable bonds is 2. The average molecular weight is 339 g/mol. The number of alkyl halides is 2. The Kier molecular flexibility index (Phi) is 3.63. The summed E-state index contributed by atoms with van der Waals surface area (Å²) in [5, 5.41) is 5.85. The quantitative estimate of drug-likeness (QED) is 0.836. The van der Waals surface area contributed by atoms with E-state index in [1.54, 1.807) is 24.3 Å². The summed E-state index contributed by atoms with van der Waals surface area (Å²) >= 11 is -0.138. The van der Waals surface area contributed by atoms with Crippen LogP contribution < -0.4 is 4.90 Å². The van der Waals surface area contributed by atoms with E-state index in [-0.39, 0.29) is 11.8 Å². The van der Waals surface area contributed by atoms with Crippen LogP contribution in [0.1, 0.15) is 5.56 Å². The Morgan fingerprint density at radius 3 is 2.70 bits per heavy atom. The Bertz CT molecular complexity index is 760. The molecule has 0 radical (unpaired) electrons. The predicted octanol–water partition coefficient (Wildman–Crippen LogP) is 2.70. The van der Waals surface area contributed by atoms with Crippen molar-refractivity contribution in [3.8, 4) is 0 Å². The van der Waals surface area contributed by atoms with Crippen LogP contribution in [0.3, 0.4) is 0 Å². The lowest BCUT2D eigenvalue weighted by Gasteiger charge is -2.43. The molecular weight excluding hydrogens is 328 g/mol. The Labute approximate surface area is 134 Å². The van der Waals surface area contributed by atoms with Gasteiger partial charge in [-0.15, -0.1) is 0 Å². The standard InChI is InChI=1S/C15H11F2NO4S/c1-22-14(21)11-12(13(19)20)23-15(16,17)10-7-6-8-4-2-3-5-9(8)18(10)11/h2-7,10H,1H3,(H,19,20). The van der Waals surface area contributed by atoms with Gasteiger partial charge < -0.3 is 14.7 Å². The minimum Gasteiger partial charge on any atom is -0.477 e. The normalized spacial score (nSPS) is 21.5. The van der Waals surface area contributed by atoms with Gasteiger partial charge in [-0.25, -0.2) is 9.59 Å². The third-order valence-electron chi connectivity index (χ3n) is 3.54. The number of methoxy groups -OCH3 is 1. The molecule has 2 aliphatic rings. The molecule has 1 aromatic carbocycles. The number of carboxylic acids is 1. The van der Waals surface area contributed by atoms with Gasteiger partial charge in [0.05, 0.1) is 7.11 Å². The summed E-state index contributed by atoms with van der Waals surface area (Å²) in [6.07, 6.45) is 2.79. The van der Waals surface area contributed by atoms with E-state index in [9.17, 15) is 23.5 Å². The van der Waals surface area contributed by atoms with Gasteiger partial charge >= 0.3 is 17.2 Å². The number of ether oxygens (including phenoxy) is 1. The molecule has 0 fully saturated rings. The zero-order valence-electron chi connectivity index (χ0n) is 11.8. The maximum absolute atomic E-state index is 14.4. The van der Waals surface area contributed by atoms with Crippen LogP contribution in [-0.4, -0.2) is 35.5 Å². The van der Waals surface area contributed by atoms with Crippen molar-refractivity contribution >= 4 is 35.5 Å². The molecule has 0 saturated carbocycles. The second-order valence-electron chi connectivity index (χ2n) is 4.87. The van der Waals surface area contributed by atoms with Crippen molar-refractivity contribution in [3.63, 3.8) is 0 Å². The molecular formula is C15H11F2NO4S. The fourth-order valence-electron chi connectivity index (χ4n) is 2.59. The number of fused-ring (bicyclic) bond motifs is 3. The second kappa shape index (κ2) is 5.38. The molecule has 1 N–H and O–H groups in total. The first-order valence-electron chi connectivity index (χ1n) is 6.56. The van der Waals surface area contributed by atoms with Crippen LogP contribution in [0.25, 0.3) is 6.08 Å². The smallest absolute Gasteiger partial charge is 0.356 e. The zero-order chi connectivity index (χ0) is 16.8. The van der Waals surface area contributed by atoms with Crippen molar-refractivity contribution in [1.29, 1.82) is 0 Å². The van der Waals surface area contributed by atoms with Gasteiger partial charge in [0.2, 0.25) is 0 Å². The number of carbonyl (C=O) groups is 2. The van der Waals surface area contributed by atoms with E-state index in [0.717, 1.165) is 12.0 Å². The number of halogens is 2. The van der Waals surface area contributed by atoms with Crippen LogP contribution >= 0.6 is 11.8 Å². The summed E-state index contributed by atoms with van der Waals surface area (Å²) in [5.41, 5.74) is 0.550. The molecule has 0 aliphatic carbocycles. The van der Waals surface area contributed by atoms with Gasteiger partial charge in [0.15, 0.2) is 0 Å². The molecule has 5 nitrogen and oxygen atoms in total.